The number of ether oxygens (including phenoxy) is 1. The lowest BCUT2D eigenvalue weighted by molar-refractivity contribution is 0.00763. The van der Waals surface area contributed by atoms with Crippen LogP contribution < -0.4 is 5.56 Å². The van der Waals surface area contributed by atoms with Crippen molar-refractivity contribution < 1.29 is 19.4 Å². The van der Waals surface area contributed by atoms with E-state index in [-0.39, 0.29) is 23.8 Å². The second-order valence-electron chi connectivity index (χ2n) is 9.82. The van der Waals surface area contributed by atoms with Crippen LogP contribution in [-0.4, -0.2) is 44.8 Å². The molecule has 35 heavy (non-hydrogen) atoms. The molecular weight excluding hydrogens is 512 g/mol. The normalized spacial score (nSPS) is 16.3. The van der Waals surface area contributed by atoms with Crippen molar-refractivity contribution in [3.05, 3.63) is 69.1 Å². The molecule has 1 saturated heterocycles. The number of hydrogen-bond acceptors (Lipinski definition) is 4. The number of likely N-dealkylation sites (tertiary alicyclic amines) is 1. The van der Waals surface area contributed by atoms with Gasteiger partial charge in [-0.05, 0) is 69.2 Å². The van der Waals surface area contributed by atoms with E-state index in [0.29, 0.717) is 34.9 Å². The van der Waals surface area contributed by atoms with Crippen LogP contribution in [0.25, 0.3) is 21.9 Å². The number of carboxylic acid groups (broad SMARTS) is 1. The highest BCUT2D eigenvalue weighted by atomic mass is 79.9. The van der Waals surface area contributed by atoms with Crippen LogP contribution in [0.15, 0.2) is 57.8 Å². The third-order valence-electron chi connectivity index (χ3n) is 6.15. The molecule has 1 fully saturated rings. The predicted molar refractivity (Wildman–Crippen MR) is 139 cm³/mol. The number of hydrogen-bond donors (Lipinski definition) is 1. The number of aromatic carboxylic acids is 1. The largest absolute Gasteiger partial charge is 0.477 e. The predicted octanol–water partition coefficient (Wildman–Crippen LogP) is 5.92. The monoisotopic (exact) mass is 540 g/mol. The molecule has 0 spiro atoms. The summed E-state index contributed by atoms with van der Waals surface area (Å²) >= 11 is 3.46. The first-order valence-electron chi connectivity index (χ1n) is 11.7. The van der Waals surface area contributed by atoms with Crippen molar-refractivity contribution >= 4 is 38.8 Å². The van der Waals surface area contributed by atoms with Crippen molar-refractivity contribution in [3.63, 3.8) is 0 Å². The molecule has 2 heterocycles. The van der Waals surface area contributed by atoms with E-state index in [1.165, 1.54) is 4.57 Å². The standard InChI is InChI=1S/C27H29BrN2O5/c1-27(2,3)35-26(34)29-14-8-7-11-19(29)16-30-23(25(32)33)22(17-9-5-4-6-10-17)21-15-18(28)12-13-20(21)24(30)31/h4-6,9-10,12-13,15,19H,7-8,11,14,16H2,1-3H3,(H,32,33). The Kier molecular flexibility index (Phi) is 7.03. The summed E-state index contributed by atoms with van der Waals surface area (Å²) in [7, 11) is 0. The Morgan fingerprint density at radius 2 is 1.80 bits per heavy atom. The zero-order valence-corrected chi connectivity index (χ0v) is 21.7. The number of piperidine rings is 1. The van der Waals surface area contributed by atoms with Crippen LogP contribution in [0, 0.1) is 0 Å². The lowest BCUT2D eigenvalue weighted by Crippen LogP contribution is -2.49. The average Bonchev–Trinajstić information content (AvgIpc) is 2.80. The first-order valence-corrected chi connectivity index (χ1v) is 12.5. The molecule has 1 amide bonds. The van der Waals surface area contributed by atoms with Crippen molar-refractivity contribution in [1.82, 2.24) is 9.47 Å². The Balaban J connectivity index is 1.90. The minimum atomic E-state index is -1.19. The maximum Gasteiger partial charge on any atom is 0.410 e. The second kappa shape index (κ2) is 9.85. The van der Waals surface area contributed by atoms with Gasteiger partial charge in [-0.3, -0.25) is 9.36 Å². The molecule has 0 bridgehead atoms. The zero-order valence-electron chi connectivity index (χ0n) is 20.1. The summed E-state index contributed by atoms with van der Waals surface area (Å²) in [6.45, 7) is 6.01. The van der Waals surface area contributed by atoms with Gasteiger partial charge in [-0.25, -0.2) is 9.59 Å². The van der Waals surface area contributed by atoms with E-state index in [0.717, 1.165) is 17.3 Å². The number of amides is 1. The first kappa shape index (κ1) is 25.0. The van der Waals surface area contributed by atoms with Gasteiger partial charge in [0.15, 0.2) is 0 Å². The molecule has 1 unspecified atom stereocenters. The van der Waals surface area contributed by atoms with Crippen LogP contribution in [0.1, 0.15) is 50.5 Å². The topological polar surface area (TPSA) is 88.8 Å². The SMILES string of the molecule is CC(C)(C)OC(=O)N1CCCCC1Cn1c(C(=O)O)c(-c2ccccc2)c2cc(Br)ccc2c1=O. The van der Waals surface area contributed by atoms with Crippen molar-refractivity contribution in [2.75, 3.05) is 6.54 Å². The number of carboxylic acids is 1. The number of carbonyl (C=O) groups is 2. The summed E-state index contributed by atoms with van der Waals surface area (Å²) in [5.74, 6) is -1.19. The molecule has 1 N–H and O–H groups in total. The van der Waals surface area contributed by atoms with Gasteiger partial charge >= 0.3 is 12.1 Å². The Morgan fingerprint density at radius 1 is 1.09 bits per heavy atom. The van der Waals surface area contributed by atoms with Gasteiger partial charge in [0.1, 0.15) is 11.3 Å². The summed E-state index contributed by atoms with van der Waals surface area (Å²) in [5.41, 5.74) is 0.0581. The van der Waals surface area contributed by atoms with Crippen LogP contribution in [0.3, 0.4) is 0 Å². The molecule has 7 nitrogen and oxygen atoms in total. The molecule has 2 aromatic carbocycles. The van der Waals surface area contributed by atoms with Crippen molar-refractivity contribution in [2.24, 2.45) is 0 Å². The van der Waals surface area contributed by atoms with Crippen molar-refractivity contribution in [2.45, 2.75) is 58.2 Å². The third-order valence-corrected chi connectivity index (χ3v) is 6.64. The smallest absolute Gasteiger partial charge is 0.410 e. The minimum Gasteiger partial charge on any atom is -0.477 e. The van der Waals surface area contributed by atoms with Gasteiger partial charge in [0, 0.05) is 28.5 Å². The summed E-state index contributed by atoms with van der Waals surface area (Å²) < 4.78 is 7.68. The fraction of sp³-hybridized carbons (Fsp3) is 0.370. The molecule has 1 aliphatic rings. The number of aromatic nitrogens is 1. The maximum absolute atomic E-state index is 13.7. The van der Waals surface area contributed by atoms with Gasteiger partial charge in [0.2, 0.25) is 0 Å². The molecule has 1 atom stereocenters. The number of nitrogens with zero attached hydrogens (tertiary/aromatic N) is 2. The molecule has 1 aliphatic heterocycles. The van der Waals surface area contributed by atoms with E-state index in [4.69, 9.17) is 4.74 Å². The molecule has 1 aromatic heterocycles. The molecule has 4 rings (SSSR count). The Bertz CT molecular complexity index is 1330. The quantitative estimate of drug-likeness (QED) is 0.443. The van der Waals surface area contributed by atoms with Crippen LogP contribution in [0.2, 0.25) is 0 Å². The molecule has 0 radical (unpaired) electrons. The van der Waals surface area contributed by atoms with E-state index in [1.807, 2.05) is 51.1 Å². The van der Waals surface area contributed by atoms with Crippen LogP contribution in [0.5, 0.6) is 0 Å². The fourth-order valence-corrected chi connectivity index (χ4v) is 5.04. The number of fused-ring (bicyclic) bond motifs is 1. The molecule has 0 saturated carbocycles. The van der Waals surface area contributed by atoms with Crippen LogP contribution >= 0.6 is 15.9 Å². The fourth-order valence-electron chi connectivity index (χ4n) is 4.67. The number of halogens is 1. The number of rotatable bonds is 4. The summed E-state index contributed by atoms with van der Waals surface area (Å²) in [4.78, 5) is 40.9. The van der Waals surface area contributed by atoms with Crippen molar-refractivity contribution in [1.29, 1.82) is 0 Å². The average molecular weight is 541 g/mol. The second-order valence-corrected chi connectivity index (χ2v) is 10.7. The van der Waals surface area contributed by atoms with E-state index >= 15 is 0 Å². The maximum atomic E-state index is 13.7. The highest BCUT2D eigenvalue weighted by molar-refractivity contribution is 9.10. The number of carbonyl (C=O) groups excluding carboxylic acids is 1. The van der Waals surface area contributed by atoms with Gasteiger partial charge in [-0.15, -0.1) is 0 Å². The molecule has 3 aromatic rings. The van der Waals surface area contributed by atoms with Crippen LogP contribution in [-0.2, 0) is 11.3 Å². The van der Waals surface area contributed by atoms with E-state index < -0.39 is 17.7 Å². The minimum absolute atomic E-state index is 0.0749. The van der Waals surface area contributed by atoms with Gasteiger partial charge in [-0.2, -0.15) is 0 Å². The Hall–Kier alpha value is -3.13. The highest BCUT2D eigenvalue weighted by Crippen LogP contribution is 2.33. The van der Waals surface area contributed by atoms with Crippen LogP contribution in [0.4, 0.5) is 4.79 Å². The number of benzene rings is 2. The summed E-state index contributed by atoms with van der Waals surface area (Å²) in [5, 5.41) is 11.3. The summed E-state index contributed by atoms with van der Waals surface area (Å²) in [6.07, 6.45) is 1.93. The van der Waals surface area contributed by atoms with Crippen molar-refractivity contribution in [3.8, 4) is 11.1 Å². The van der Waals surface area contributed by atoms with E-state index in [2.05, 4.69) is 15.9 Å². The lowest BCUT2D eigenvalue weighted by atomic mass is 9.96. The zero-order chi connectivity index (χ0) is 25.3. The van der Waals surface area contributed by atoms with Gasteiger partial charge < -0.3 is 14.7 Å². The lowest BCUT2D eigenvalue weighted by Gasteiger charge is -2.37. The molecule has 0 aliphatic carbocycles. The van der Waals surface area contributed by atoms with E-state index in [9.17, 15) is 19.5 Å². The Labute approximate surface area is 212 Å². The Morgan fingerprint density at radius 3 is 2.46 bits per heavy atom. The number of pyridine rings is 1. The summed E-state index contributed by atoms with van der Waals surface area (Å²) in [6, 6.07) is 14.1. The molecule has 8 heteroatoms. The van der Waals surface area contributed by atoms with Gasteiger partial charge in [-0.1, -0.05) is 46.3 Å². The molecule has 184 valence electrons. The first-order chi connectivity index (χ1) is 16.6. The van der Waals surface area contributed by atoms with Gasteiger partial charge in [0.25, 0.3) is 5.56 Å². The molecular formula is C27H29BrN2O5. The van der Waals surface area contributed by atoms with Gasteiger partial charge in [0.05, 0.1) is 6.04 Å². The highest BCUT2D eigenvalue weighted by Gasteiger charge is 2.33. The third kappa shape index (κ3) is 5.27. The van der Waals surface area contributed by atoms with E-state index in [1.54, 1.807) is 23.1 Å².